The van der Waals surface area contributed by atoms with Crippen molar-refractivity contribution in [3.8, 4) is 11.6 Å². The lowest BCUT2D eigenvalue weighted by atomic mass is 10.1. The van der Waals surface area contributed by atoms with E-state index in [1.165, 1.54) is 12.5 Å². The Morgan fingerprint density at radius 1 is 0.921 bits per heavy atom. The standard InChI is InChI=1S/C29H26N6O3/c1-21-12-13-24(17-31-21)18-32-25-16-26(29-30-14-15-38-29)33-28(27(25)35(36)37)34(19-22-8-4-2-5-9-22)20-23-10-6-3-7-11-23/h2-17H,18-20H2,1H3,(H,32,33). The molecule has 0 aliphatic rings. The minimum atomic E-state index is -0.389. The molecular weight excluding hydrogens is 480 g/mol. The van der Waals surface area contributed by atoms with Crippen LogP contribution in [0.25, 0.3) is 11.6 Å². The Morgan fingerprint density at radius 3 is 2.16 bits per heavy atom. The van der Waals surface area contributed by atoms with Gasteiger partial charge in [-0.3, -0.25) is 15.1 Å². The molecule has 38 heavy (non-hydrogen) atoms. The van der Waals surface area contributed by atoms with Gasteiger partial charge in [0.2, 0.25) is 11.7 Å². The molecule has 0 unspecified atom stereocenters. The summed E-state index contributed by atoms with van der Waals surface area (Å²) in [6.07, 6.45) is 4.73. The fourth-order valence-electron chi connectivity index (χ4n) is 4.13. The van der Waals surface area contributed by atoms with Gasteiger partial charge in [0.05, 0.1) is 11.1 Å². The normalized spacial score (nSPS) is 10.8. The quantitative estimate of drug-likeness (QED) is 0.177. The third-order valence-electron chi connectivity index (χ3n) is 6.00. The summed E-state index contributed by atoms with van der Waals surface area (Å²) in [4.78, 5) is 27.4. The van der Waals surface area contributed by atoms with Crippen LogP contribution in [0.5, 0.6) is 0 Å². The van der Waals surface area contributed by atoms with E-state index in [4.69, 9.17) is 9.40 Å². The lowest BCUT2D eigenvalue weighted by molar-refractivity contribution is -0.383. The van der Waals surface area contributed by atoms with Crippen LogP contribution in [0.3, 0.4) is 0 Å². The summed E-state index contributed by atoms with van der Waals surface area (Å²) in [7, 11) is 0. The van der Waals surface area contributed by atoms with Crippen molar-refractivity contribution in [2.45, 2.75) is 26.6 Å². The highest BCUT2D eigenvalue weighted by Crippen LogP contribution is 2.38. The Morgan fingerprint density at radius 2 is 1.61 bits per heavy atom. The number of nitrogens with zero attached hydrogens (tertiary/aromatic N) is 5. The van der Waals surface area contributed by atoms with Crippen molar-refractivity contribution < 1.29 is 9.34 Å². The summed E-state index contributed by atoms with van der Waals surface area (Å²) < 4.78 is 5.52. The molecule has 3 aromatic heterocycles. The van der Waals surface area contributed by atoms with Crippen LogP contribution in [-0.4, -0.2) is 19.9 Å². The average Bonchev–Trinajstić information content (AvgIpc) is 3.48. The number of aromatic nitrogens is 3. The van der Waals surface area contributed by atoms with E-state index in [2.05, 4.69) is 15.3 Å². The molecule has 0 bridgehead atoms. The van der Waals surface area contributed by atoms with Crippen LogP contribution in [0.1, 0.15) is 22.4 Å². The molecule has 0 spiro atoms. The van der Waals surface area contributed by atoms with Crippen LogP contribution >= 0.6 is 0 Å². The van der Waals surface area contributed by atoms with Crippen molar-refractivity contribution in [1.29, 1.82) is 0 Å². The van der Waals surface area contributed by atoms with Crippen LogP contribution in [-0.2, 0) is 19.6 Å². The molecular formula is C29H26N6O3. The molecule has 5 aromatic rings. The summed E-state index contributed by atoms with van der Waals surface area (Å²) in [6.45, 7) is 3.09. The Balaban J connectivity index is 1.62. The third kappa shape index (κ3) is 5.84. The van der Waals surface area contributed by atoms with Gasteiger partial charge in [-0.05, 0) is 35.7 Å². The molecule has 0 atom stereocenters. The van der Waals surface area contributed by atoms with Gasteiger partial charge in [-0.25, -0.2) is 9.97 Å². The molecule has 0 aliphatic heterocycles. The molecule has 0 saturated carbocycles. The first-order valence-electron chi connectivity index (χ1n) is 12.1. The number of benzene rings is 2. The highest BCUT2D eigenvalue weighted by Gasteiger charge is 2.29. The Bertz CT molecular complexity index is 1450. The third-order valence-corrected chi connectivity index (χ3v) is 6.00. The Kier molecular flexibility index (Phi) is 7.35. The number of nitro groups is 1. The van der Waals surface area contributed by atoms with Gasteiger partial charge in [0.15, 0.2) is 0 Å². The number of anilines is 2. The number of nitrogens with one attached hydrogen (secondary N) is 1. The van der Waals surface area contributed by atoms with Crippen molar-refractivity contribution >= 4 is 17.2 Å². The second kappa shape index (κ2) is 11.3. The molecule has 0 saturated heterocycles. The number of oxazole rings is 1. The molecule has 0 radical (unpaired) electrons. The first-order valence-corrected chi connectivity index (χ1v) is 12.1. The summed E-state index contributed by atoms with van der Waals surface area (Å²) in [5, 5.41) is 15.8. The van der Waals surface area contributed by atoms with Crippen LogP contribution in [0.15, 0.2) is 102 Å². The molecule has 9 nitrogen and oxygen atoms in total. The highest BCUT2D eigenvalue weighted by molar-refractivity contribution is 5.78. The van der Waals surface area contributed by atoms with E-state index in [-0.39, 0.29) is 22.3 Å². The summed E-state index contributed by atoms with van der Waals surface area (Å²) in [5.41, 5.74) is 4.39. The van der Waals surface area contributed by atoms with Gasteiger partial charge in [-0.15, -0.1) is 0 Å². The van der Waals surface area contributed by atoms with Gasteiger partial charge >= 0.3 is 5.69 Å². The number of rotatable bonds is 10. The zero-order valence-corrected chi connectivity index (χ0v) is 20.8. The molecule has 0 aliphatic carbocycles. The van der Waals surface area contributed by atoms with Gasteiger partial charge in [-0.2, -0.15) is 0 Å². The van der Waals surface area contributed by atoms with Gasteiger partial charge in [0.1, 0.15) is 17.6 Å². The van der Waals surface area contributed by atoms with E-state index in [9.17, 15) is 10.1 Å². The molecule has 1 N–H and O–H groups in total. The fourth-order valence-corrected chi connectivity index (χ4v) is 4.13. The molecule has 0 fully saturated rings. The predicted octanol–water partition coefficient (Wildman–Crippen LogP) is 6.17. The summed E-state index contributed by atoms with van der Waals surface area (Å²) in [6, 6.07) is 25.1. The molecule has 9 heteroatoms. The maximum Gasteiger partial charge on any atom is 0.334 e. The molecule has 0 amide bonds. The first kappa shape index (κ1) is 24.6. The van der Waals surface area contributed by atoms with Crippen molar-refractivity contribution in [3.63, 3.8) is 0 Å². The number of hydrogen-bond donors (Lipinski definition) is 1. The number of hydrogen-bond acceptors (Lipinski definition) is 8. The van der Waals surface area contributed by atoms with E-state index >= 15 is 0 Å². The zero-order valence-electron chi connectivity index (χ0n) is 20.8. The SMILES string of the molecule is Cc1ccc(CNc2cc(-c3ncco3)nc(N(Cc3ccccc3)Cc3ccccc3)c2[N+](=O)[O-])cn1. The van der Waals surface area contributed by atoms with Crippen LogP contribution in [0, 0.1) is 17.0 Å². The smallest absolute Gasteiger partial charge is 0.334 e. The average molecular weight is 507 g/mol. The second-order valence-electron chi connectivity index (χ2n) is 8.81. The maximum absolute atomic E-state index is 12.6. The van der Waals surface area contributed by atoms with Crippen LogP contribution in [0.4, 0.5) is 17.2 Å². The van der Waals surface area contributed by atoms with E-state index in [0.717, 1.165) is 22.4 Å². The number of aryl methyl sites for hydroxylation is 1. The van der Waals surface area contributed by atoms with Crippen molar-refractivity contribution in [1.82, 2.24) is 15.0 Å². The van der Waals surface area contributed by atoms with Gasteiger partial charge in [0, 0.05) is 31.5 Å². The molecule has 5 rings (SSSR count). The lowest BCUT2D eigenvalue weighted by Gasteiger charge is -2.25. The van der Waals surface area contributed by atoms with E-state index in [1.807, 2.05) is 84.6 Å². The summed E-state index contributed by atoms with van der Waals surface area (Å²) >= 11 is 0. The van der Waals surface area contributed by atoms with Gasteiger partial charge in [-0.1, -0.05) is 66.7 Å². The Labute approximate surface area is 220 Å². The van der Waals surface area contributed by atoms with Crippen molar-refractivity contribution in [3.05, 3.63) is 130 Å². The van der Waals surface area contributed by atoms with Gasteiger partial charge < -0.3 is 14.6 Å². The predicted molar refractivity (Wildman–Crippen MR) is 145 cm³/mol. The first-order chi connectivity index (χ1) is 18.6. The highest BCUT2D eigenvalue weighted by atomic mass is 16.6. The monoisotopic (exact) mass is 506 g/mol. The topological polar surface area (TPSA) is 110 Å². The van der Waals surface area contributed by atoms with E-state index in [0.29, 0.717) is 31.0 Å². The van der Waals surface area contributed by atoms with Crippen LogP contribution < -0.4 is 10.2 Å². The largest absolute Gasteiger partial charge is 0.443 e. The minimum Gasteiger partial charge on any atom is -0.443 e. The molecule has 3 heterocycles. The zero-order chi connectivity index (χ0) is 26.3. The number of pyridine rings is 2. The fraction of sp³-hybridized carbons (Fsp3) is 0.138. The Hall–Kier alpha value is -5.05. The van der Waals surface area contributed by atoms with Crippen LogP contribution in [0.2, 0.25) is 0 Å². The van der Waals surface area contributed by atoms with Gasteiger partial charge in [0.25, 0.3) is 0 Å². The second-order valence-corrected chi connectivity index (χ2v) is 8.81. The van der Waals surface area contributed by atoms with Crippen molar-refractivity contribution in [2.75, 3.05) is 10.2 Å². The molecule has 190 valence electrons. The maximum atomic E-state index is 12.6. The molecule has 2 aromatic carbocycles. The van der Waals surface area contributed by atoms with Crippen molar-refractivity contribution in [2.24, 2.45) is 0 Å². The van der Waals surface area contributed by atoms with E-state index in [1.54, 1.807) is 12.3 Å². The minimum absolute atomic E-state index is 0.118. The lowest BCUT2D eigenvalue weighted by Crippen LogP contribution is -2.25. The summed E-state index contributed by atoms with van der Waals surface area (Å²) in [5.74, 6) is 0.503. The van der Waals surface area contributed by atoms with E-state index < -0.39 is 0 Å².